The standard InChI is InChI=1S/C13H16ClN/c14-8-3-9-15-10-6-12-4-1-2-5-13(12)7-11-15/h1-2,4-6,10H,3,7-9,11H2. The van der Waals surface area contributed by atoms with E-state index in [1.54, 1.807) is 0 Å². The molecule has 15 heavy (non-hydrogen) atoms. The summed E-state index contributed by atoms with van der Waals surface area (Å²) in [5, 5.41) is 0. The second-order valence-electron chi connectivity index (χ2n) is 3.84. The number of hydrogen-bond acceptors (Lipinski definition) is 1. The van der Waals surface area contributed by atoms with Crippen LogP contribution in [0.4, 0.5) is 0 Å². The number of rotatable bonds is 3. The smallest absolute Gasteiger partial charge is 0.0240 e. The predicted molar refractivity (Wildman–Crippen MR) is 66.1 cm³/mol. The van der Waals surface area contributed by atoms with Crippen LogP contribution in [-0.4, -0.2) is 23.9 Å². The van der Waals surface area contributed by atoms with Gasteiger partial charge in [-0.25, -0.2) is 0 Å². The Hall–Kier alpha value is -0.950. The predicted octanol–water partition coefficient (Wildman–Crippen LogP) is 3.14. The van der Waals surface area contributed by atoms with Gasteiger partial charge in [0.1, 0.15) is 0 Å². The van der Waals surface area contributed by atoms with Crippen LogP contribution in [-0.2, 0) is 6.42 Å². The van der Waals surface area contributed by atoms with Crippen LogP contribution in [0.3, 0.4) is 0 Å². The quantitative estimate of drug-likeness (QED) is 0.709. The average molecular weight is 222 g/mol. The van der Waals surface area contributed by atoms with Gasteiger partial charge in [-0.05, 0) is 36.2 Å². The molecule has 1 aliphatic rings. The van der Waals surface area contributed by atoms with Gasteiger partial charge in [0.15, 0.2) is 0 Å². The fourth-order valence-corrected chi connectivity index (χ4v) is 2.02. The molecular weight excluding hydrogens is 206 g/mol. The van der Waals surface area contributed by atoms with Crippen LogP contribution in [0, 0.1) is 0 Å². The van der Waals surface area contributed by atoms with E-state index in [-0.39, 0.29) is 0 Å². The highest BCUT2D eigenvalue weighted by Gasteiger charge is 2.06. The zero-order valence-corrected chi connectivity index (χ0v) is 9.58. The summed E-state index contributed by atoms with van der Waals surface area (Å²) in [6.45, 7) is 2.17. The molecule has 80 valence electrons. The van der Waals surface area contributed by atoms with E-state index in [0.717, 1.165) is 31.8 Å². The van der Waals surface area contributed by atoms with E-state index in [9.17, 15) is 0 Å². The molecule has 0 saturated carbocycles. The minimum atomic E-state index is 0.747. The number of hydrogen-bond donors (Lipinski definition) is 0. The summed E-state index contributed by atoms with van der Waals surface area (Å²) < 4.78 is 0. The third kappa shape index (κ3) is 2.75. The Balaban J connectivity index is 2.05. The third-order valence-electron chi connectivity index (χ3n) is 2.77. The maximum atomic E-state index is 5.70. The molecule has 0 fully saturated rings. The fourth-order valence-electron chi connectivity index (χ4n) is 1.90. The van der Waals surface area contributed by atoms with Crippen LogP contribution >= 0.6 is 11.6 Å². The van der Waals surface area contributed by atoms with Gasteiger partial charge in [-0.2, -0.15) is 0 Å². The summed E-state index contributed by atoms with van der Waals surface area (Å²) in [6.07, 6.45) is 6.59. The minimum absolute atomic E-state index is 0.747. The summed E-state index contributed by atoms with van der Waals surface area (Å²) in [5.41, 5.74) is 2.80. The molecule has 1 heterocycles. The lowest BCUT2D eigenvalue weighted by molar-refractivity contribution is 0.385. The number of nitrogens with zero attached hydrogens (tertiary/aromatic N) is 1. The van der Waals surface area contributed by atoms with E-state index >= 15 is 0 Å². The molecule has 0 unspecified atom stereocenters. The summed E-state index contributed by atoms with van der Waals surface area (Å²) in [6, 6.07) is 8.60. The molecule has 1 aromatic carbocycles. The van der Waals surface area contributed by atoms with Crippen molar-refractivity contribution in [3.05, 3.63) is 41.6 Å². The van der Waals surface area contributed by atoms with Crippen molar-refractivity contribution < 1.29 is 0 Å². The van der Waals surface area contributed by atoms with Crippen molar-refractivity contribution in [1.29, 1.82) is 0 Å². The molecule has 1 aliphatic heterocycles. The van der Waals surface area contributed by atoms with E-state index in [1.807, 2.05) is 0 Å². The van der Waals surface area contributed by atoms with Gasteiger partial charge in [0.2, 0.25) is 0 Å². The average Bonchev–Trinajstić information content (AvgIpc) is 2.49. The molecule has 0 aromatic heterocycles. The third-order valence-corrected chi connectivity index (χ3v) is 3.03. The Bertz CT molecular complexity index is 346. The minimum Gasteiger partial charge on any atom is -0.377 e. The maximum Gasteiger partial charge on any atom is 0.0240 e. The first-order chi connectivity index (χ1) is 7.40. The molecule has 1 aromatic rings. The first-order valence-corrected chi connectivity index (χ1v) is 6.00. The van der Waals surface area contributed by atoms with Gasteiger partial charge in [-0.3, -0.25) is 0 Å². The zero-order chi connectivity index (χ0) is 10.5. The van der Waals surface area contributed by atoms with E-state index in [0.29, 0.717) is 0 Å². The van der Waals surface area contributed by atoms with Crippen molar-refractivity contribution in [2.45, 2.75) is 12.8 Å². The van der Waals surface area contributed by atoms with Crippen LogP contribution < -0.4 is 0 Å². The molecule has 1 nitrogen and oxygen atoms in total. The molecular formula is C13H16ClN. The summed E-state index contributed by atoms with van der Waals surface area (Å²) in [7, 11) is 0. The topological polar surface area (TPSA) is 3.24 Å². The Morgan fingerprint density at radius 2 is 2.13 bits per heavy atom. The molecule has 0 saturated heterocycles. The van der Waals surface area contributed by atoms with E-state index in [1.165, 1.54) is 11.1 Å². The summed E-state index contributed by atoms with van der Waals surface area (Å²) >= 11 is 5.70. The molecule has 2 rings (SSSR count). The summed E-state index contributed by atoms with van der Waals surface area (Å²) in [4.78, 5) is 2.35. The first kappa shape index (κ1) is 10.6. The second-order valence-corrected chi connectivity index (χ2v) is 4.22. The highest BCUT2D eigenvalue weighted by molar-refractivity contribution is 6.17. The van der Waals surface area contributed by atoms with Crippen molar-refractivity contribution in [2.75, 3.05) is 19.0 Å². The normalized spacial score (nSPS) is 14.9. The largest absolute Gasteiger partial charge is 0.377 e. The van der Waals surface area contributed by atoms with Gasteiger partial charge in [0.25, 0.3) is 0 Å². The lowest BCUT2D eigenvalue weighted by atomic mass is 10.1. The molecule has 0 N–H and O–H groups in total. The Kier molecular flexibility index (Phi) is 3.68. The molecule has 0 atom stereocenters. The fraction of sp³-hybridized carbons (Fsp3) is 0.385. The number of alkyl halides is 1. The number of fused-ring (bicyclic) bond motifs is 1. The van der Waals surface area contributed by atoms with E-state index < -0.39 is 0 Å². The molecule has 0 radical (unpaired) electrons. The van der Waals surface area contributed by atoms with Gasteiger partial charge in [0, 0.05) is 19.0 Å². The van der Waals surface area contributed by atoms with Gasteiger partial charge < -0.3 is 4.90 Å². The SMILES string of the molecule is ClCCCN1C=Cc2ccccc2CC1. The maximum absolute atomic E-state index is 5.70. The Morgan fingerprint density at radius 3 is 3.00 bits per heavy atom. The Morgan fingerprint density at radius 1 is 1.27 bits per heavy atom. The van der Waals surface area contributed by atoms with Crippen molar-refractivity contribution in [3.63, 3.8) is 0 Å². The van der Waals surface area contributed by atoms with Gasteiger partial charge in [-0.1, -0.05) is 24.3 Å². The van der Waals surface area contributed by atoms with Crippen LogP contribution in [0.15, 0.2) is 30.5 Å². The second kappa shape index (κ2) is 5.22. The lowest BCUT2D eigenvalue weighted by Gasteiger charge is -2.17. The van der Waals surface area contributed by atoms with Gasteiger partial charge >= 0.3 is 0 Å². The van der Waals surface area contributed by atoms with Crippen molar-refractivity contribution >= 4 is 17.7 Å². The summed E-state index contributed by atoms with van der Waals surface area (Å²) in [5.74, 6) is 0.747. The number of benzene rings is 1. The van der Waals surface area contributed by atoms with Crippen molar-refractivity contribution in [2.24, 2.45) is 0 Å². The number of halogens is 1. The monoisotopic (exact) mass is 221 g/mol. The van der Waals surface area contributed by atoms with E-state index in [4.69, 9.17) is 11.6 Å². The van der Waals surface area contributed by atoms with Crippen molar-refractivity contribution in [3.8, 4) is 0 Å². The highest BCUT2D eigenvalue weighted by atomic mass is 35.5. The van der Waals surface area contributed by atoms with E-state index in [2.05, 4.69) is 41.4 Å². The van der Waals surface area contributed by atoms with Crippen molar-refractivity contribution in [1.82, 2.24) is 4.90 Å². The highest BCUT2D eigenvalue weighted by Crippen LogP contribution is 2.16. The first-order valence-electron chi connectivity index (χ1n) is 5.46. The zero-order valence-electron chi connectivity index (χ0n) is 8.82. The molecule has 0 amide bonds. The van der Waals surface area contributed by atoms with Crippen LogP contribution in [0.1, 0.15) is 17.5 Å². The lowest BCUT2D eigenvalue weighted by Crippen LogP contribution is -2.20. The van der Waals surface area contributed by atoms with Crippen LogP contribution in [0.2, 0.25) is 0 Å². The van der Waals surface area contributed by atoms with Gasteiger partial charge in [-0.15, -0.1) is 11.6 Å². The molecule has 0 spiro atoms. The van der Waals surface area contributed by atoms with Crippen LogP contribution in [0.5, 0.6) is 0 Å². The Labute approximate surface area is 96.4 Å². The molecule has 0 aliphatic carbocycles. The van der Waals surface area contributed by atoms with Crippen LogP contribution in [0.25, 0.3) is 6.08 Å². The molecule has 0 bridgehead atoms. The van der Waals surface area contributed by atoms with Gasteiger partial charge in [0.05, 0.1) is 0 Å². The molecule has 2 heteroatoms.